The number of nitrogens with two attached hydrogens (primary N) is 1. The summed E-state index contributed by atoms with van der Waals surface area (Å²) in [6.45, 7) is 7.58. The fourth-order valence-electron chi connectivity index (χ4n) is 1.69. The maximum atomic E-state index is 5.67. The number of aromatic nitrogens is 2. The van der Waals surface area contributed by atoms with Crippen LogP contribution in [0.1, 0.15) is 40.0 Å². The van der Waals surface area contributed by atoms with Crippen molar-refractivity contribution in [2.75, 3.05) is 17.2 Å². The lowest BCUT2D eigenvalue weighted by molar-refractivity contribution is 0.619. The van der Waals surface area contributed by atoms with Gasteiger partial charge in [0.2, 0.25) is 0 Å². The number of anilines is 2. The van der Waals surface area contributed by atoms with Crippen LogP contribution in [0.25, 0.3) is 0 Å². The van der Waals surface area contributed by atoms with Crippen molar-refractivity contribution in [3.63, 3.8) is 0 Å². The molecule has 0 spiro atoms. The summed E-state index contributed by atoms with van der Waals surface area (Å²) in [4.78, 5) is 10.5. The first kappa shape index (κ1) is 12.7. The second-order valence-corrected chi connectivity index (χ2v) is 4.30. The van der Waals surface area contributed by atoms with Gasteiger partial charge in [0.15, 0.2) is 0 Å². The Morgan fingerprint density at radius 3 is 2.62 bits per heavy atom. The van der Waals surface area contributed by atoms with E-state index in [1.807, 2.05) is 6.07 Å². The summed E-state index contributed by atoms with van der Waals surface area (Å²) in [6.07, 6.45) is 5.21. The summed E-state index contributed by atoms with van der Waals surface area (Å²) in [5, 5.41) is 0. The lowest BCUT2D eigenvalue weighted by Crippen LogP contribution is -2.32. The molecule has 90 valence electrons. The molecule has 1 aromatic rings. The van der Waals surface area contributed by atoms with Gasteiger partial charge >= 0.3 is 0 Å². The van der Waals surface area contributed by atoms with Crippen molar-refractivity contribution in [1.29, 1.82) is 0 Å². The number of unbranched alkanes of at least 4 members (excludes halogenated alkanes) is 2. The standard InChI is InChI=1S/C12H22N4/c1-4-5-6-7-16(10(2)3)12-8-11(13)14-9-15-12/h8-10H,4-7H2,1-3H3,(H2,13,14,15). The minimum absolute atomic E-state index is 0.436. The molecular formula is C12H22N4. The fraction of sp³-hybridized carbons (Fsp3) is 0.667. The molecule has 0 unspecified atom stereocenters. The molecule has 0 fully saturated rings. The fourth-order valence-corrected chi connectivity index (χ4v) is 1.69. The molecule has 0 radical (unpaired) electrons. The Morgan fingerprint density at radius 2 is 2.06 bits per heavy atom. The molecule has 2 N–H and O–H groups in total. The quantitative estimate of drug-likeness (QED) is 0.751. The van der Waals surface area contributed by atoms with Crippen molar-refractivity contribution >= 4 is 11.6 Å². The van der Waals surface area contributed by atoms with Crippen LogP contribution in [0.4, 0.5) is 11.6 Å². The SMILES string of the molecule is CCCCCN(c1cc(N)ncn1)C(C)C. The number of rotatable bonds is 6. The summed E-state index contributed by atoms with van der Waals surface area (Å²) >= 11 is 0. The zero-order chi connectivity index (χ0) is 12.0. The van der Waals surface area contributed by atoms with Crippen molar-refractivity contribution in [3.8, 4) is 0 Å². The van der Waals surface area contributed by atoms with Gasteiger partial charge < -0.3 is 10.6 Å². The molecule has 0 saturated heterocycles. The van der Waals surface area contributed by atoms with Gasteiger partial charge in [0.05, 0.1) is 0 Å². The highest BCUT2D eigenvalue weighted by Gasteiger charge is 2.11. The lowest BCUT2D eigenvalue weighted by Gasteiger charge is -2.27. The minimum atomic E-state index is 0.436. The first-order valence-corrected chi connectivity index (χ1v) is 5.99. The normalized spacial score (nSPS) is 10.8. The third-order valence-electron chi connectivity index (χ3n) is 2.59. The van der Waals surface area contributed by atoms with Crippen molar-refractivity contribution in [2.45, 2.75) is 46.1 Å². The van der Waals surface area contributed by atoms with Gasteiger partial charge in [-0.25, -0.2) is 9.97 Å². The van der Waals surface area contributed by atoms with Crippen LogP contribution in [0.3, 0.4) is 0 Å². The van der Waals surface area contributed by atoms with Gasteiger partial charge in [-0.15, -0.1) is 0 Å². The highest BCUT2D eigenvalue weighted by atomic mass is 15.2. The van der Waals surface area contributed by atoms with Gasteiger partial charge in [-0.1, -0.05) is 19.8 Å². The molecule has 0 bridgehead atoms. The molecule has 0 aromatic carbocycles. The number of hydrogen-bond acceptors (Lipinski definition) is 4. The van der Waals surface area contributed by atoms with Crippen LogP contribution in [0.2, 0.25) is 0 Å². The summed E-state index contributed by atoms with van der Waals surface area (Å²) in [7, 11) is 0. The molecule has 0 aliphatic carbocycles. The molecular weight excluding hydrogens is 200 g/mol. The van der Waals surface area contributed by atoms with Crippen molar-refractivity contribution in [1.82, 2.24) is 9.97 Å². The smallest absolute Gasteiger partial charge is 0.134 e. The van der Waals surface area contributed by atoms with Crippen LogP contribution >= 0.6 is 0 Å². The maximum absolute atomic E-state index is 5.67. The van der Waals surface area contributed by atoms with E-state index in [1.165, 1.54) is 25.6 Å². The molecule has 4 heteroatoms. The largest absolute Gasteiger partial charge is 0.384 e. The van der Waals surface area contributed by atoms with E-state index in [0.29, 0.717) is 11.9 Å². The van der Waals surface area contributed by atoms with Crippen LogP contribution in [0.5, 0.6) is 0 Å². The number of nitrogens with zero attached hydrogens (tertiary/aromatic N) is 3. The zero-order valence-electron chi connectivity index (χ0n) is 10.5. The van der Waals surface area contributed by atoms with E-state index in [-0.39, 0.29) is 0 Å². The molecule has 0 aliphatic rings. The van der Waals surface area contributed by atoms with Crippen LogP contribution < -0.4 is 10.6 Å². The Labute approximate surface area is 97.9 Å². The number of hydrogen-bond donors (Lipinski definition) is 1. The predicted octanol–water partition coefficient (Wildman–Crippen LogP) is 2.46. The first-order valence-electron chi connectivity index (χ1n) is 5.99. The Kier molecular flexibility index (Phi) is 5.02. The topological polar surface area (TPSA) is 55.0 Å². The molecule has 16 heavy (non-hydrogen) atoms. The molecule has 0 atom stereocenters. The van der Waals surface area contributed by atoms with Gasteiger partial charge in [-0.05, 0) is 20.3 Å². The zero-order valence-corrected chi connectivity index (χ0v) is 10.5. The van der Waals surface area contributed by atoms with E-state index >= 15 is 0 Å². The summed E-state index contributed by atoms with van der Waals surface area (Å²) in [5.41, 5.74) is 5.67. The number of nitrogen functional groups attached to an aromatic ring is 1. The molecule has 1 heterocycles. The summed E-state index contributed by atoms with van der Waals surface area (Å²) < 4.78 is 0. The Hall–Kier alpha value is -1.32. The highest BCUT2D eigenvalue weighted by molar-refractivity contribution is 5.46. The second-order valence-electron chi connectivity index (χ2n) is 4.30. The first-order chi connectivity index (χ1) is 7.65. The average molecular weight is 222 g/mol. The molecule has 4 nitrogen and oxygen atoms in total. The Morgan fingerprint density at radius 1 is 1.31 bits per heavy atom. The van der Waals surface area contributed by atoms with E-state index < -0.39 is 0 Å². The van der Waals surface area contributed by atoms with Crippen LogP contribution in [-0.2, 0) is 0 Å². The molecule has 0 saturated carbocycles. The molecule has 1 rings (SSSR count). The maximum Gasteiger partial charge on any atom is 0.134 e. The Balaban J connectivity index is 2.69. The average Bonchev–Trinajstić information content (AvgIpc) is 2.24. The summed E-state index contributed by atoms with van der Waals surface area (Å²) in [5.74, 6) is 1.46. The van der Waals surface area contributed by atoms with E-state index in [0.717, 1.165) is 12.4 Å². The van der Waals surface area contributed by atoms with Crippen molar-refractivity contribution in [3.05, 3.63) is 12.4 Å². The monoisotopic (exact) mass is 222 g/mol. The van der Waals surface area contributed by atoms with Gasteiger partial charge in [0.1, 0.15) is 18.0 Å². The van der Waals surface area contributed by atoms with Gasteiger partial charge in [-0.2, -0.15) is 0 Å². The predicted molar refractivity (Wildman–Crippen MR) is 68.5 cm³/mol. The molecule has 0 aliphatic heterocycles. The Bertz CT molecular complexity index is 312. The molecule has 0 amide bonds. The highest BCUT2D eigenvalue weighted by Crippen LogP contribution is 2.16. The molecule has 1 aromatic heterocycles. The van der Waals surface area contributed by atoms with Crippen LogP contribution in [0, 0.1) is 0 Å². The van der Waals surface area contributed by atoms with Crippen LogP contribution in [-0.4, -0.2) is 22.6 Å². The van der Waals surface area contributed by atoms with Gasteiger partial charge in [-0.3, -0.25) is 0 Å². The third-order valence-corrected chi connectivity index (χ3v) is 2.59. The van der Waals surface area contributed by atoms with Crippen molar-refractivity contribution in [2.24, 2.45) is 0 Å². The van der Waals surface area contributed by atoms with Crippen LogP contribution in [0.15, 0.2) is 12.4 Å². The van der Waals surface area contributed by atoms with Gasteiger partial charge in [0.25, 0.3) is 0 Å². The minimum Gasteiger partial charge on any atom is -0.384 e. The van der Waals surface area contributed by atoms with Crippen molar-refractivity contribution < 1.29 is 0 Å². The summed E-state index contributed by atoms with van der Waals surface area (Å²) in [6, 6.07) is 2.28. The lowest BCUT2D eigenvalue weighted by atomic mass is 10.2. The third kappa shape index (κ3) is 3.68. The van der Waals surface area contributed by atoms with Gasteiger partial charge in [0, 0.05) is 18.7 Å². The van der Waals surface area contributed by atoms with E-state index in [4.69, 9.17) is 5.73 Å². The van der Waals surface area contributed by atoms with E-state index in [2.05, 4.69) is 35.6 Å². The second kappa shape index (κ2) is 6.30. The van der Waals surface area contributed by atoms with E-state index in [1.54, 1.807) is 0 Å². The van der Waals surface area contributed by atoms with E-state index in [9.17, 15) is 0 Å².